The first-order valence-corrected chi connectivity index (χ1v) is 7.34. The van der Waals surface area contributed by atoms with Gasteiger partial charge in [-0.05, 0) is 43.0 Å². The average Bonchev–Trinajstić information content (AvgIpc) is 2.85. The van der Waals surface area contributed by atoms with Crippen molar-refractivity contribution in [1.82, 2.24) is 4.98 Å². The van der Waals surface area contributed by atoms with Crippen LogP contribution in [0.15, 0.2) is 54.7 Å². The molecule has 1 heterocycles. The van der Waals surface area contributed by atoms with Gasteiger partial charge in [-0.25, -0.2) is 0 Å². The summed E-state index contributed by atoms with van der Waals surface area (Å²) in [5.41, 5.74) is 4.43. The van der Waals surface area contributed by atoms with Crippen LogP contribution in [0.4, 0.5) is 0 Å². The fraction of sp³-hybridized carbons (Fsp3) is 0.211. The van der Waals surface area contributed by atoms with Crippen molar-refractivity contribution in [2.24, 2.45) is 0 Å². The molecule has 1 aromatic heterocycles. The molecule has 2 aromatic carbocycles. The van der Waals surface area contributed by atoms with E-state index in [1.54, 1.807) is 0 Å². The van der Waals surface area contributed by atoms with Crippen LogP contribution in [0.1, 0.15) is 28.7 Å². The summed E-state index contributed by atoms with van der Waals surface area (Å²) in [6.45, 7) is 2.07. The molecule has 0 spiro atoms. The summed E-state index contributed by atoms with van der Waals surface area (Å²) < 4.78 is 0. The van der Waals surface area contributed by atoms with E-state index in [1.165, 1.54) is 11.1 Å². The molecule has 0 saturated carbocycles. The van der Waals surface area contributed by atoms with Crippen LogP contribution in [-0.4, -0.2) is 10.1 Å². The fourth-order valence-corrected chi connectivity index (χ4v) is 3.34. The van der Waals surface area contributed by atoms with Crippen molar-refractivity contribution in [1.29, 1.82) is 0 Å². The molecule has 1 N–H and O–H groups in total. The normalized spacial score (nSPS) is 20.7. The SMILES string of the molecule is Cc1ccc2c(c1)C(O)(c1cnc3ccccc3c1)CC2. The lowest BCUT2D eigenvalue weighted by Crippen LogP contribution is -2.24. The third kappa shape index (κ3) is 1.87. The molecule has 0 bridgehead atoms. The smallest absolute Gasteiger partial charge is 0.117 e. The highest BCUT2D eigenvalue weighted by Gasteiger charge is 2.38. The molecule has 2 nitrogen and oxygen atoms in total. The van der Waals surface area contributed by atoms with Crippen LogP contribution in [-0.2, 0) is 12.0 Å². The van der Waals surface area contributed by atoms with Gasteiger partial charge in [0.15, 0.2) is 0 Å². The Kier molecular flexibility index (Phi) is 2.63. The van der Waals surface area contributed by atoms with Crippen LogP contribution in [0.2, 0.25) is 0 Å². The third-order valence-corrected chi connectivity index (χ3v) is 4.54. The first kappa shape index (κ1) is 12.5. The van der Waals surface area contributed by atoms with Gasteiger partial charge in [0.05, 0.1) is 5.52 Å². The van der Waals surface area contributed by atoms with Gasteiger partial charge >= 0.3 is 0 Å². The number of aliphatic hydroxyl groups is 1. The quantitative estimate of drug-likeness (QED) is 0.734. The number of rotatable bonds is 1. The molecule has 0 saturated heterocycles. The molecule has 3 aromatic rings. The first-order valence-electron chi connectivity index (χ1n) is 7.34. The summed E-state index contributed by atoms with van der Waals surface area (Å²) >= 11 is 0. The molecule has 1 aliphatic carbocycles. The lowest BCUT2D eigenvalue weighted by Gasteiger charge is -2.25. The van der Waals surface area contributed by atoms with Crippen LogP contribution in [0, 0.1) is 6.92 Å². The Morgan fingerprint density at radius 3 is 2.86 bits per heavy atom. The van der Waals surface area contributed by atoms with Gasteiger partial charge in [-0.3, -0.25) is 4.98 Å². The predicted octanol–water partition coefficient (Wildman–Crippen LogP) is 3.73. The van der Waals surface area contributed by atoms with Crippen molar-refractivity contribution in [2.45, 2.75) is 25.4 Å². The lowest BCUT2D eigenvalue weighted by atomic mass is 9.87. The van der Waals surface area contributed by atoms with Crippen LogP contribution in [0.5, 0.6) is 0 Å². The van der Waals surface area contributed by atoms with Gasteiger partial charge in [0.25, 0.3) is 0 Å². The van der Waals surface area contributed by atoms with Crippen molar-refractivity contribution in [2.75, 3.05) is 0 Å². The maximum Gasteiger partial charge on any atom is 0.117 e. The number of pyridine rings is 1. The number of para-hydroxylation sites is 1. The van der Waals surface area contributed by atoms with Crippen LogP contribution in [0.3, 0.4) is 0 Å². The zero-order valence-electron chi connectivity index (χ0n) is 12.0. The minimum Gasteiger partial charge on any atom is -0.380 e. The third-order valence-electron chi connectivity index (χ3n) is 4.54. The molecule has 104 valence electrons. The predicted molar refractivity (Wildman–Crippen MR) is 84.2 cm³/mol. The number of hydrogen-bond acceptors (Lipinski definition) is 2. The Hall–Kier alpha value is -2.19. The highest BCUT2D eigenvalue weighted by molar-refractivity contribution is 5.79. The van der Waals surface area contributed by atoms with E-state index in [0.29, 0.717) is 0 Å². The van der Waals surface area contributed by atoms with E-state index in [0.717, 1.165) is 34.9 Å². The van der Waals surface area contributed by atoms with E-state index in [4.69, 9.17) is 0 Å². The van der Waals surface area contributed by atoms with E-state index in [1.807, 2.05) is 30.5 Å². The molecule has 4 rings (SSSR count). The molecule has 0 radical (unpaired) electrons. The van der Waals surface area contributed by atoms with Crippen molar-refractivity contribution in [3.63, 3.8) is 0 Å². The Labute approximate surface area is 124 Å². The minimum atomic E-state index is -0.904. The van der Waals surface area contributed by atoms with E-state index >= 15 is 0 Å². The lowest BCUT2D eigenvalue weighted by molar-refractivity contribution is 0.0827. The summed E-state index contributed by atoms with van der Waals surface area (Å²) in [6, 6.07) is 16.5. The summed E-state index contributed by atoms with van der Waals surface area (Å²) in [7, 11) is 0. The first-order chi connectivity index (χ1) is 10.2. The molecular formula is C19H17NO. The largest absolute Gasteiger partial charge is 0.380 e. The maximum atomic E-state index is 11.3. The Morgan fingerprint density at radius 1 is 1.10 bits per heavy atom. The molecule has 0 aliphatic heterocycles. The Balaban J connectivity index is 1.91. The van der Waals surface area contributed by atoms with E-state index in [2.05, 4.69) is 36.2 Å². The molecule has 0 amide bonds. The number of aryl methyl sites for hydroxylation is 2. The number of fused-ring (bicyclic) bond motifs is 2. The zero-order chi connectivity index (χ0) is 14.4. The Bertz CT molecular complexity index is 840. The zero-order valence-corrected chi connectivity index (χ0v) is 12.0. The summed E-state index contributed by atoms with van der Waals surface area (Å²) in [6.07, 6.45) is 3.46. The second-order valence-electron chi connectivity index (χ2n) is 5.94. The second kappa shape index (κ2) is 4.40. The van der Waals surface area contributed by atoms with Crippen molar-refractivity contribution in [3.05, 3.63) is 77.0 Å². The van der Waals surface area contributed by atoms with Gasteiger partial charge in [-0.2, -0.15) is 0 Å². The molecular weight excluding hydrogens is 258 g/mol. The van der Waals surface area contributed by atoms with Crippen molar-refractivity contribution in [3.8, 4) is 0 Å². The summed E-state index contributed by atoms with van der Waals surface area (Å²) in [5, 5.41) is 12.3. The maximum absolute atomic E-state index is 11.3. The van der Waals surface area contributed by atoms with Crippen molar-refractivity contribution < 1.29 is 5.11 Å². The highest BCUT2D eigenvalue weighted by Crippen LogP contribution is 2.42. The van der Waals surface area contributed by atoms with Crippen LogP contribution in [0.25, 0.3) is 10.9 Å². The van der Waals surface area contributed by atoms with Gasteiger partial charge in [0, 0.05) is 17.1 Å². The van der Waals surface area contributed by atoms with Crippen LogP contribution >= 0.6 is 0 Å². The van der Waals surface area contributed by atoms with Gasteiger partial charge in [-0.1, -0.05) is 42.0 Å². The second-order valence-corrected chi connectivity index (χ2v) is 5.94. The molecule has 2 heteroatoms. The van der Waals surface area contributed by atoms with Gasteiger partial charge in [-0.15, -0.1) is 0 Å². The number of benzene rings is 2. The summed E-state index contributed by atoms with van der Waals surface area (Å²) in [4.78, 5) is 4.51. The van der Waals surface area contributed by atoms with Gasteiger partial charge in [0.1, 0.15) is 5.60 Å². The number of nitrogens with zero attached hydrogens (tertiary/aromatic N) is 1. The number of hydrogen-bond donors (Lipinski definition) is 1. The molecule has 0 fully saturated rings. The molecule has 21 heavy (non-hydrogen) atoms. The van der Waals surface area contributed by atoms with E-state index < -0.39 is 5.60 Å². The van der Waals surface area contributed by atoms with E-state index in [9.17, 15) is 5.11 Å². The monoisotopic (exact) mass is 275 g/mol. The molecule has 1 unspecified atom stereocenters. The summed E-state index contributed by atoms with van der Waals surface area (Å²) in [5.74, 6) is 0. The molecule has 1 atom stereocenters. The van der Waals surface area contributed by atoms with Crippen molar-refractivity contribution >= 4 is 10.9 Å². The van der Waals surface area contributed by atoms with E-state index in [-0.39, 0.29) is 0 Å². The highest BCUT2D eigenvalue weighted by atomic mass is 16.3. The topological polar surface area (TPSA) is 33.1 Å². The van der Waals surface area contributed by atoms with Gasteiger partial charge in [0.2, 0.25) is 0 Å². The standard InChI is InChI=1S/C19H17NO/c1-13-6-7-14-8-9-19(21,17(14)10-13)16-11-15-4-2-3-5-18(15)20-12-16/h2-7,10-12,21H,8-9H2,1H3. The average molecular weight is 275 g/mol. The fourth-order valence-electron chi connectivity index (χ4n) is 3.34. The molecule has 1 aliphatic rings. The Morgan fingerprint density at radius 2 is 1.95 bits per heavy atom. The van der Waals surface area contributed by atoms with Gasteiger partial charge < -0.3 is 5.11 Å². The minimum absolute atomic E-state index is 0.728. The number of aromatic nitrogens is 1. The van der Waals surface area contributed by atoms with Crippen LogP contribution < -0.4 is 0 Å².